The topological polar surface area (TPSA) is 65.2 Å². The van der Waals surface area contributed by atoms with E-state index >= 15 is 0 Å². The Balaban J connectivity index is 4.09. The van der Waals surface area contributed by atoms with Crippen LogP contribution in [-0.4, -0.2) is 21.3 Å². The number of hydrogen-bond acceptors (Lipinski definition) is 4. The first-order chi connectivity index (χ1) is 4.76. The van der Waals surface area contributed by atoms with E-state index in [0.29, 0.717) is 6.42 Å². The Morgan fingerprint density at radius 3 is 2.30 bits per heavy atom. The van der Waals surface area contributed by atoms with Gasteiger partial charge in [-0.05, 0) is 6.42 Å². The fourth-order valence-corrected chi connectivity index (χ4v) is 0.621. The minimum atomic E-state index is -0.163. The van der Waals surface area contributed by atoms with Crippen LogP contribution in [-0.2, 0) is 0 Å². The third-order valence-electron chi connectivity index (χ3n) is 0.933. The van der Waals surface area contributed by atoms with Gasteiger partial charge in [0.05, 0.1) is 0 Å². The van der Waals surface area contributed by atoms with Gasteiger partial charge in [-0.1, -0.05) is 35.3 Å². The van der Waals surface area contributed by atoms with E-state index in [1.54, 1.807) is 0 Å². The Hall–Kier alpha value is -0.770. The Labute approximate surface area is 63.8 Å². The summed E-state index contributed by atoms with van der Waals surface area (Å²) in [5.74, 6) is 0. The molecule has 0 rings (SSSR count). The van der Waals surface area contributed by atoms with E-state index in [1.165, 1.54) is 0 Å². The van der Waals surface area contributed by atoms with Gasteiger partial charge < -0.3 is 10.4 Å². The van der Waals surface area contributed by atoms with Gasteiger partial charge in [-0.2, -0.15) is 0 Å². The van der Waals surface area contributed by atoms with Crippen LogP contribution in [0.15, 0.2) is 10.3 Å². The molecule has 5 heteroatoms. The van der Waals surface area contributed by atoms with E-state index in [2.05, 4.69) is 10.3 Å². The third-order valence-corrected chi connectivity index (χ3v) is 1.23. The summed E-state index contributed by atoms with van der Waals surface area (Å²) in [6, 6.07) is 0. The molecule has 2 N–H and O–H groups in total. The first-order valence-corrected chi connectivity index (χ1v) is 3.22. The molecule has 0 aromatic rings. The van der Waals surface area contributed by atoms with Crippen LogP contribution >= 0.6 is 11.6 Å². The number of oxime groups is 2. The molecular weight excluding hydrogens is 156 g/mol. The fraction of sp³-hybridized carbons (Fsp3) is 0.600. The molecule has 0 aliphatic heterocycles. The molecule has 0 fully saturated rings. The monoisotopic (exact) mass is 164 g/mol. The van der Waals surface area contributed by atoms with Crippen molar-refractivity contribution in [1.29, 1.82) is 0 Å². The Morgan fingerprint density at radius 2 is 2.00 bits per heavy atom. The first-order valence-electron chi connectivity index (χ1n) is 2.85. The Bertz CT molecular complexity index is 156. The van der Waals surface area contributed by atoms with Crippen LogP contribution in [0.2, 0.25) is 0 Å². The zero-order valence-electron chi connectivity index (χ0n) is 5.58. The van der Waals surface area contributed by atoms with Crippen molar-refractivity contribution in [3.05, 3.63) is 0 Å². The van der Waals surface area contributed by atoms with Crippen molar-refractivity contribution in [2.45, 2.75) is 19.8 Å². The van der Waals surface area contributed by atoms with Gasteiger partial charge in [0.15, 0.2) is 5.17 Å². The lowest BCUT2D eigenvalue weighted by molar-refractivity contribution is 0.314. The summed E-state index contributed by atoms with van der Waals surface area (Å²) in [6.07, 6.45) is 1.28. The van der Waals surface area contributed by atoms with Crippen molar-refractivity contribution in [1.82, 2.24) is 0 Å². The molecule has 58 valence electrons. The average Bonchev–Trinajstić information content (AvgIpc) is 1.99. The molecule has 0 spiro atoms. The van der Waals surface area contributed by atoms with E-state index in [-0.39, 0.29) is 10.9 Å². The average molecular weight is 165 g/mol. The maximum absolute atomic E-state index is 8.27. The summed E-state index contributed by atoms with van der Waals surface area (Å²) in [7, 11) is 0. The first kappa shape index (κ1) is 9.23. The molecule has 0 saturated carbocycles. The van der Waals surface area contributed by atoms with Gasteiger partial charge >= 0.3 is 0 Å². The number of rotatable bonds is 3. The molecule has 0 bridgehead atoms. The van der Waals surface area contributed by atoms with Crippen molar-refractivity contribution >= 4 is 22.5 Å². The maximum atomic E-state index is 8.27. The minimum Gasteiger partial charge on any atom is -0.411 e. The lowest BCUT2D eigenvalue weighted by atomic mass is 10.2. The summed E-state index contributed by atoms with van der Waals surface area (Å²) >= 11 is 5.32. The van der Waals surface area contributed by atoms with Crippen molar-refractivity contribution < 1.29 is 10.4 Å². The predicted octanol–water partition coefficient (Wildman–Crippen LogP) is 1.64. The molecule has 0 atom stereocenters. The summed E-state index contributed by atoms with van der Waals surface area (Å²) in [5, 5.41) is 21.7. The van der Waals surface area contributed by atoms with Crippen molar-refractivity contribution in [3.63, 3.8) is 0 Å². The summed E-state index contributed by atoms with van der Waals surface area (Å²) < 4.78 is 0. The smallest absolute Gasteiger partial charge is 0.193 e. The van der Waals surface area contributed by atoms with Crippen LogP contribution < -0.4 is 0 Å². The Morgan fingerprint density at radius 1 is 1.40 bits per heavy atom. The maximum Gasteiger partial charge on any atom is 0.193 e. The summed E-state index contributed by atoms with van der Waals surface area (Å²) in [5.41, 5.74) is 0.201. The molecule has 0 radical (unpaired) electrons. The normalized spacial score (nSPS) is 13.8. The van der Waals surface area contributed by atoms with E-state index in [4.69, 9.17) is 22.0 Å². The van der Waals surface area contributed by atoms with Gasteiger partial charge in [-0.25, -0.2) is 0 Å². The van der Waals surface area contributed by atoms with Crippen molar-refractivity contribution in [2.24, 2.45) is 10.3 Å². The molecule has 0 aliphatic carbocycles. The number of nitrogens with zero attached hydrogens (tertiary/aromatic N) is 2. The molecule has 0 aliphatic rings. The highest BCUT2D eigenvalue weighted by Crippen LogP contribution is 1.97. The summed E-state index contributed by atoms with van der Waals surface area (Å²) in [4.78, 5) is 0. The van der Waals surface area contributed by atoms with Gasteiger partial charge in [0.1, 0.15) is 5.71 Å². The van der Waals surface area contributed by atoms with Gasteiger partial charge in [0.25, 0.3) is 0 Å². The van der Waals surface area contributed by atoms with Gasteiger partial charge in [0, 0.05) is 0 Å². The molecule has 0 heterocycles. The van der Waals surface area contributed by atoms with Gasteiger partial charge in [0.2, 0.25) is 0 Å². The quantitative estimate of drug-likeness (QED) is 0.378. The highest BCUT2D eigenvalue weighted by molar-refractivity contribution is 6.83. The van der Waals surface area contributed by atoms with E-state index in [1.807, 2.05) is 6.92 Å². The lowest BCUT2D eigenvalue weighted by Crippen LogP contribution is -2.07. The lowest BCUT2D eigenvalue weighted by Gasteiger charge is -1.95. The second kappa shape index (κ2) is 5.05. The molecular formula is C5H9ClN2O2. The second-order valence-corrected chi connectivity index (χ2v) is 2.05. The fourth-order valence-electron chi connectivity index (χ4n) is 0.489. The van der Waals surface area contributed by atoms with Crippen LogP contribution in [0.3, 0.4) is 0 Å². The number of halogens is 1. The van der Waals surface area contributed by atoms with Crippen LogP contribution in [0.25, 0.3) is 0 Å². The van der Waals surface area contributed by atoms with Crippen LogP contribution in [0.4, 0.5) is 0 Å². The van der Waals surface area contributed by atoms with Gasteiger partial charge in [-0.3, -0.25) is 0 Å². The third kappa shape index (κ3) is 2.68. The van der Waals surface area contributed by atoms with E-state index < -0.39 is 0 Å². The predicted molar refractivity (Wildman–Crippen MR) is 39.2 cm³/mol. The molecule has 4 nitrogen and oxygen atoms in total. The molecule has 0 saturated heterocycles. The summed E-state index contributed by atoms with van der Waals surface area (Å²) in [6.45, 7) is 1.90. The highest BCUT2D eigenvalue weighted by atomic mass is 35.5. The molecule has 0 amide bonds. The highest BCUT2D eigenvalue weighted by Gasteiger charge is 2.04. The zero-order chi connectivity index (χ0) is 7.98. The van der Waals surface area contributed by atoms with Crippen LogP contribution in [0.5, 0.6) is 0 Å². The minimum absolute atomic E-state index is 0.163. The largest absolute Gasteiger partial charge is 0.411 e. The molecule has 0 unspecified atom stereocenters. The van der Waals surface area contributed by atoms with E-state index in [9.17, 15) is 0 Å². The van der Waals surface area contributed by atoms with Gasteiger partial charge in [-0.15, -0.1) is 0 Å². The van der Waals surface area contributed by atoms with E-state index in [0.717, 1.165) is 6.42 Å². The molecule has 0 aromatic heterocycles. The Kier molecular flexibility index (Phi) is 4.66. The van der Waals surface area contributed by atoms with Crippen LogP contribution in [0, 0.1) is 0 Å². The van der Waals surface area contributed by atoms with Crippen molar-refractivity contribution in [2.75, 3.05) is 0 Å². The SMILES string of the molecule is CCCC(=N/O)/C(Cl)=N\O. The molecule has 0 aromatic carbocycles. The molecule has 10 heavy (non-hydrogen) atoms. The zero-order valence-corrected chi connectivity index (χ0v) is 6.34. The number of hydrogen-bond donors (Lipinski definition) is 2. The van der Waals surface area contributed by atoms with Crippen LogP contribution in [0.1, 0.15) is 19.8 Å². The standard InChI is InChI=1S/C5H9ClN2O2/c1-2-3-4(7-9)5(6)8-10/h9-10H,2-3H2,1H3/b7-4-,8-5+. The second-order valence-electron chi connectivity index (χ2n) is 1.69. The van der Waals surface area contributed by atoms with Crippen molar-refractivity contribution in [3.8, 4) is 0 Å².